The molecule has 276 valence electrons. The molecule has 0 saturated heterocycles. The quantitative estimate of drug-likeness (QED) is 0.0915. The summed E-state index contributed by atoms with van der Waals surface area (Å²) in [6, 6.07) is 49.1. The predicted molar refractivity (Wildman–Crippen MR) is 227 cm³/mol. The van der Waals surface area contributed by atoms with Crippen molar-refractivity contribution < 1.29 is 28.6 Å². The van der Waals surface area contributed by atoms with Crippen molar-refractivity contribution in [1.29, 1.82) is 0 Å². The Labute approximate surface area is 331 Å². The van der Waals surface area contributed by atoms with Gasteiger partial charge in [0.1, 0.15) is 17.2 Å². The number of ether oxygens (including phenoxy) is 3. The summed E-state index contributed by atoms with van der Waals surface area (Å²) in [7, 11) is 0. The first-order valence-corrected chi connectivity index (χ1v) is 18.1. The fourth-order valence-corrected chi connectivity index (χ4v) is 6.22. The second-order valence-electron chi connectivity index (χ2n) is 13.0. The SMILES string of the molecule is C=Cc1cccc(C(=O)Oc2cccc(-c3cc(-c4cccc(OC(=O)c5cccc(C=C)c5)c4)cc(-c4cccc(OC(=O)c5cccc(C=C)c5)c4)c3)c2)c1. The summed E-state index contributed by atoms with van der Waals surface area (Å²) in [4.78, 5) is 39.4. The molecule has 0 fully saturated rings. The molecule has 0 N–H and O–H groups in total. The van der Waals surface area contributed by atoms with Crippen LogP contribution in [0.15, 0.2) is 184 Å². The predicted octanol–water partition coefficient (Wildman–Crippen LogP) is 12.3. The molecule has 0 aromatic heterocycles. The topological polar surface area (TPSA) is 78.9 Å². The smallest absolute Gasteiger partial charge is 0.343 e. The summed E-state index contributed by atoms with van der Waals surface area (Å²) in [5.74, 6) is -0.353. The summed E-state index contributed by atoms with van der Waals surface area (Å²) < 4.78 is 17.5. The summed E-state index contributed by atoms with van der Waals surface area (Å²) in [6.45, 7) is 11.4. The summed E-state index contributed by atoms with van der Waals surface area (Å²) in [5, 5.41) is 0. The summed E-state index contributed by atoms with van der Waals surface area (Å²) in [6.07, 6.45) is 5.02. The van der Waals surface area contributed by atoms with Crippen molar-refractivity contribution in [3.05, 3.63) is 217 Å². The monoisotopic (exact) mass is 744 g/mol. The lowest BCUT2D eigenvalue weighted by molar-refractivity contribution is 0.0725. The molecular weight excluding hydrogens is 709 g/mol. The Morgan fingerprint density at radius 1 is 0.333 bits per heavy atom. The van der Waals surface area contributed by atoms with E-state index >= 15 is 0 Å². The van der Waals surface area contributed by atoms with Gasteiger partial charge >= 0.3 is 17.9 Å². The van der Waals surface area contributed by atoms with Crippen molar-refractivity contribution in [2.45, 2.75) is 0 Å². The second kappa shape index (κ2) is 17.1. The third kappa shape index (κ3) is 9.11. The van der Waals surface area contributed by atoms with E-state index in [0.717, 1.165) is 50.1 Å². The second-order valence-corrected chi connectivity index (χ2v) is 13.0. The molecule has 57 heavy (non-hydrogen) atoms. The molecule has 0 aliphatic carbocycles. The minimum absolute atomic E-state index is 0.373. The Kier molecular flexibility index (Phi) is 11.2. The molecule has 7 rings (SSSR count). The standard InChI is InChI=1S/C51H36O6/c1-4-34-13-7-19-40(25-34)49(52)55-46-22-10-16-37(31-46)43-28-44(38-17-11-23-47(32-38)56-50(53)41-20-8-14-35(5-2)26-41)30-45(29-43)39-18-12-24-48(33-39)57-51(54)42-21-9-15-36(6-3)27-42/h4-33H,1-3H2. The number of benzene rings is 7. The van der Waals surface area contributed by atoms with Gasteiger partial charge in [-0.05, 0) is 141 Å². The fourth-order valence-electron chi connectivity index (χ4n) is 6.22. The highest BCUT2D eigenvalue weighted by molar-refractivity contribution is 5.94. The average molecular weight is 745 g/mol. The van der Waals surface area contributed by atoms with Gasteiger partial charge in [-0.3, -0.25) is 0 Å². The van der Waals surface area contributed by atoms with Crippen LogP contribution in [0.25, 0.3) is 51.6 Å². The van der Waals surface area contributed by atoms with Crippen molar-refractivity contribution >= 4 is 36.1 Å². The van der Waals surface area contributed by atoms with Crippen LogP contribution in [0.1, 0.15) is 47.8 Å². The van der Waals surface area contributed by atoms with Crippen molar-refractivity contribution in [3.8, 4) is 50.6 Å². The minimum atomic E-state index is -0.490. The minimum Gasteiger partial charge on any atom is -0.423 e. The molecule has 0 amide bonds. The molecule has 7 aromatic carbocycles. The zero-order valence-corrected chi connectivity index (χ0v) is 30.9. The highest BCUT2D eigenvalue weighted by Gasteiger charge is 2.15. The van der Waals surface area contributed by atoms with Crippen LogP contribution in [0.2, 0.25) is 0 Å². The number of hydrogen-bond acceptors (Lipinski definition) is 6. The van der Waals surface area contributed by atoms with Crippen molar-refractivity contribution in [1.82, 2.24) is 0 Å². The first-order chi connectivity index (χ1) is 27.8. The Morgan fingerprint density at radius 2 is 0.614 bits per heavy atom. The molecule has 0 aliphatic heterocycles. The van der Waals surface area contributed by atoms with Gasteiger partial charge in [0.2, 0.25) is 0 Å². The number of hydrogen-bond donors (Lipinski definition) is 0. The fraction of sp³-hybridized carbons (Fsp3) is 0. The molecule has 0 atom stereocenters. The van der Waals surface area contributed by atoms with E-state index in [1.165, 1.54) is 0 Å². The molecule has 7 aromatic rings. The average Bonchev–Trinajstić information content (AvgIpc) is 3.26. The van der Waals surface area contributed by atoms with E-state index in [-0.39, 0.29) is 0 Å². The van der Waals surface area contributed by atoms with Gasteiger partial charge < -0.3 is 14.2 Å². The van der Waals surface area contributed by atoms with E-state index in [9.17, 15) is 14.4 Å². The van der Waals surface area contributed by atoms with Gasteiger partial charge in [-0.2, -0.15) is 0 Å². The van der Waals surface area contributed by atoms with Gasteiger partial charge in [-0.15, -0.1) is 0 Å². The van der Waals surface area contributed by atoms with Gasteiger partial charge in [0.25, 0.3) is 0 Å². The van der Waals surface area contributed by atoms with Crippen molar-refractivity contribution in [2.75, 3.05) is 0 Å². The van der Waals surface area contributed by atoms with Gasteiger partial charge in [-0.1, -0.05) is 111 Å². The van der Waals surface area contributed by atoms with Crippen molar-refractivity contribution in [2.24, 2.45) is 0 Å². The maximum atomic E-state index is 13.1. The third-order valence-electron chi connectivity index (χ3n) is 9.14. The third-order valence-corrected chi connectivity index (χ3v) is 9.14. The molecule has 0 radical (unpaired) electrons. The zero-order valence-electron chi connectivity index (χ0n) is 30.9. The van der Waals surface area contributed by atoms with E-state index in [1.54, 1.807) is 91.0 Å². The first kappa shape index (κ1) is 37.5. The van der Waals surface area contributed by atoms with E-state index in [0.29, 0.717) is 33.9 Å². The van der Waals surface area contributed by atoms with Gasteiger partial charge in [0.15, 0.2) is 0 Å². The van der Waals surface area contributed by atoms with Gasteiger partial charge in [0, 0.05) is 0 Å². The van der Waals surface area contributed by atoms with E-state index in [2.05, 4.69) is 19.7 Å². The van der Waals surface area contributed by atoms with Crippen molar-refractivity contribution in [3.63, 3.8) is 0 Å². The zero-order chi connectivity index (χ0) is 39.7. The van der Waals surface area contributed by atoms with Crippen LogP contribution in [0, 0.1) is 0 Å². The molecule has 0 spiro atoms. The van der Waals surface area contributed by atoms with Crippen LogP contribution in [-0.2, 0) is 0 Å². The lowest BCUT2D eigenvalue weighted by atomic mass is 9.93. The van der Waals surface area contributed by atoms with E-state index in [4.69, 9.17) is 14.2 Å². The van der Waals surface area contributed by atoms with E-state index < -0.39 is 17.9 Å². The summed E-state index contributed by atoms with van der Waals surface area (Å²) in [5.41, 5.74) is 8.48. The molecule has 0 bridgehead atoms. The van der Waals surface area contributed by atoms with Crippen LogP contribution in [0.3, 0.4) is 0 Å². The van der Waals surface area contributed by atoms with Crippen LogP contribution in [-0.4, -0.2) is 17.9 Å². The maximum Gasteiger partial charge on any atom is 0.343 e. The maximum absolute atomic E-state index is 13.1. The number of esters is 3. The number of carbonyl (C=O) groups is 3. The molecule has 0 heterocycles. The highest BCUT2D eigenvalue weighted by Crippen LogP contribution is 2.36. The van der Waals surface area contributed by atoms with Gasteiger partial charge in [0.05, 0.1) is 16.7 Å². The number of carbonyl (C=O) groups excluding carboxylic acids is 3. The molecule has 6 heteroatoms. The Bertz CT molecular complexity index is 2380. The molecule has 0 aliphatic rings. The molecule has 6 nitrogen and oxygen atoms in total. The lowest BCUT2D eigenvalue weighted by Gasteiger charge is -2.14. The molecule has 0 unspecified atom stereocenters. The molecular formula is C51H36O6. The first-order valence-electron chi connectivity index (χ1n) is 18.1. The highest BCUT2D eigenvalue weighted by atomic mass is 16.5. The number of rotatable bonds is 12. The Hall–Kier alpha value is -7.83. The van der Waals surface area contributed by atoms with Crippen LogP contribution < -0.4 is 14.2 Å². The Balaban J connectivity index is 1.25. The van der Waals surface area contributed by atoms with Crippen LogP contribution >= 0.6 is 0 Å². The lowest BCUT2D eigenvalue weighted by Crippen LogP contribution is -2.08. The van der Waals surface area contributed by atoms with Gasteiger partial charge in [-0.25, -0.2) is 14.4 Å². The summed E-state index contributed by atoms with van der Waals surface area (Å²) >= 11 is 0. The largest absolute Gasteiger partial charge is 0.423 e. The van der Waals surface area contributed by atoms with Crippen LogP contribution in [0.4, 0.5) is 0 Å². The molecule has 0 saturated carbocycles. The normalized spacial score (nSPS) is 10.5. The van der Waals surface area contributed by atoms with E-state index in [1.807, 2.05) is 91.0 Å². The van der Waals surface area contributed by atoms with Crippen LogP contribution in [0.5, 0.6) is 17.2 Å². The Morgan fingerprint density at radius 3 is 0.895 bits per heavy atom.